The van der Waals surface area contributed by atoms with Gasteiger partial charge in [0.1, 0.15) is 5.75 Å². The number of aryl methyl sites for hydroxylation is 1. The van der Waals surface area contributed by atoms with Crippen molar-refractivity contribution < 1.29 is 14.3 Å². The minimum absolute atomic E-state index is 0.102. The first-order chi connectivity index (χ1) is 12.5. The van der Waals surface area contributed by atoms with Crippen molar-refractivity contribution in [2.75, 3.05) is 13.7 Å². The van der Waals surface area contributed by atoms with Crippen molar-refractivity contribution in [3.63, 3.8) is 0 Å². The summed E-state index contributed by atoms with van der Waals surface area (Å²) in [6.45, 7) is -0.177. The molecule has 0 saturated heterocycles. The Morgan fingerprint density at radius 3 is 2.38 bits per heavy atom. The summed E-state index contributed by atoms with van der Waals surface area (Å²) >= 11 is 0. The van der Waals surface area contributed by atoms with E-state index in [1.807, 2.05) is 0 Å². The Balaban J connectivity index is 1.80. The van der Waals surface area contributed by atoms with Crippen LogP contribution >= 0.6 is 0 Å². The Labute approximate surface area is 149 Å². The Hall–Kier alpha value is -3.48. The first-order valence-electron chi connectivity index (χ1n) is 7.92. The van der Waals surface area contributed by atoms with Crippen molar-refractivity contribution in [1.82, 2.24) is 15.1 Å². The molecule has 1 heterocycles. The molecule has 0 radical (unpaired) electrons. The van der Waals surface area contributed by atoms with E-state index < -0.39 is 5.91 Å². The van der Waals surface area contributed by atoms with Gasteiger partial charge >= 0.3 is 0 Å². The van der Waals surface area contributed by atoms with Crippen LogP contribution in [0.1, 0.15) is 20.8 Å². The van der Waals surface area contributed by atoms with Crippen LogP contribution in [0.25, 0.3) is 10.8 Å². The number of ether oxygens (including phenoxy) is 1. The van der Waals surface area contributed by atoms with Gasteiger partial charge < -0.3 is 10.1 Å². The Kier molecular flexibility index (Phi) is 4.79. The van der Waals surface area contributed by atoms with E-state index >= 15 is 0 Å². The number of carbonyl (C=O) groups is 2. The lowest BCUT2D eigenvalue weighted by molar-refractivity contribution is 0.0900. The molecule has 132 valence electrons. The molecule has 0 atom stereocenters. The van der Waals surface area contributed by atoms with Crippen LogP contribution in [0.3, 0.4) is 0 Å². The highest BCUT2D eigenvalue weighted by Crippen LogP contribution is 2.13. The van der Waals surface area contributed by atoms with Crippen molar-refractivity contribution in [3.8, 4) is 5.75 Å². The quantitative estimate of drug-likeness (QED) is 0.705. The molecule has 0 fully saturated rings. The van der Waals surface area contributed by atoms with Crippen molar-refractivity contribution in [2.24, 2.45) is 7.05 Å². The third kappa shape index (κ3) is 3.32. The topological polar surface area (TPSA) is 90.3 Å². The number of carbonyl (C=O) groups excluding carboxylic acids is 2. The summed E-state index contributed by atoms with van der Waals surface area (Å²) in [5, 5.41) is 7.45. The molecule has 0 aliphatic heterocycles. The molecule has 0 saturated carbocycles. The molecule has 0 bridgehead atoms. The smallest absolute Gasteiger partial charge is 0.274 e. The van der Waals surface area contributed by atoms with E-state index in [9.17, 15) is 14.4 Å². The third-order valence-corrected chi connectivity index (χ3v) is 3.99. The number of nitrogens with zero attached hydrogens (tertiary/aromatic N) is 2. The number of rotatable bonds is 5. The molecule has 0 aliphatic carbocycles. The molecule has 0 spiro atoms. The van der Waals surface area contributed by atoms with E-state index in [0.29, 0.717) is 22.1 Å². The summed E-state index contributed by atoms with van der Waals surface area (Å²) in [6, 6.07) is 13.4. The van der Waals surface area contributed by atoms with Gasteiger partial charge in [-0.05, 0) is 30.3 Å². The SMILES string of the molecule is COc1ccc(C(=O)CNC(=O)c2nn(C)c(=O)c3ccccc23)cc1. The summed E-state index contributed by atoms with van der Waals surface area (Å²) in [6.07, 6.45) is 0. The van der Waals surface area contributed by atoms with Crippen molar-refractivity contribution in [2.45, 2.75) is 0 Å². The van der Waals surface area contributed by atoms with Gasteiger partial charge in [0, 0.05) is 18.0 Å². The normalized spacial score (nSPS) is 10.5. The first-order valence-corrected chi connectivity index (χ1v) is 7.92. The van der Waals surface area contributed by atoms with Crippen LogP contribution in [0, 0.1) is 0 Å². The second kappa shape index (κ2) is 7.18. The fourth-order valence-corrected chi connectivity index (χ4v) is 2.59. The van der Waals surface area contributed by atoms with Crippen LogP contribution in [0.4, 0.5) is 0 Å². The van der Waals surface area contributed by atoms with Gasteiger partial charge in [0.15, 0.2) is 11.5 Å². The summed E-state index contributed by atoms with van der Waals surface area (Å²) in [7, 11) is 3.02. The van der Waals surface area contributed by atoms with E-state index in [4.69, 9.17) is 4.74 Å². The molecule has 0 aliphatic rings. The molecular weight excluding hydrogens is 334 g/mol. The van der Waals surface area contributed by atoms with Gasteiger partial charge in [-0.2, -0.15) is 5.10 Å². The van der Waals surface area contributed by atoms with Crippen molar-refractivity contribution in [1.29, 1.82) is 0 Å². The summed E-state index contributed by atoms with van der Waals surface area (Å²) < 4.78 is 6.16. The van der Waals surface area contributed by atoms with E-state index in [2.05, 4.69) is 10.4 Å². The lowest BCUT2D eigenvalue weighted by Crippen LogP contribution is -2.32. The highest BCUT2D eigenvalue weighted by Gasteiger charge is 2.16. The van der Waals surface area contributed by atoms with E-state index in [1.54, 1.807) is 55.6 Å². The van der Waals surface area contributed by atoms with Crippen LogP contribution in [-0.4, -0.2) is 35.1 Å². The van der Waals surface area contributed by atoms with Gasteiger partial charge in [0.2, 0.25) is 0 Å². The van der Waals surface area contributed by atoms with E-state index in [0.717, 1.165) is 4.68 Å². The summed E-state index contributed by atoms with van der Waals surface area (Å²) in [4.78, 5) is 36.8. The number of Topliss-reactive ketones (excluding diaryl/α,β-unsaturated/α-hetero) is 1. The predicted molar refractivity (Wildman–Crippen MR) is 96.6 cm³/mol. The molecule has 1 N–H and O–H groups in total. The van der Waals surface area contributed by atoms with Crippen molar-refractivity contribution in [3.05, 3.63) is 70.1 Å². The number of ketones is 1. The zero-order chi connectivity index (χ0) is 18.7. The Morgan fingerprint density at radius 2 is 1.73 bits per heavy atom. The maximum absolute atomic E-state index is 12.5. The number of hydrogen-bond acceptors (Lipinski definition) is 5. The first kappa shape index (κ1) is 17.3. The summed E-state index contributed by atoms with van der Waals surface area (Å²) in [5.74, 6) is -0.111. The van der Waals surface area contributed by atoms with Gasteiger partial charge in [-0.25, -0.2) is 4.68 Å². The van der Waals surface area contributed by atoms with Crippen LogP contribution in [0.5, 0.6) is 5.75 Å². The Morgan fingerprint density at radius 1 is 1.08 bits per heavy atom. The molecule has 0 unspecified atom stereocenters. The zero-order valence-corrected chi connectivity index (χ0v) is 14.4. The number of nitrogens with one attached hydrogen (secondary N) is 1. The standard InChI is InChI=1S/C19H17N3O4/c1-22-19(25)15-6-4-3-5-14(15)17(21-22)18(24)20-11-16(23)12-7-9-13(26-2)10-8-12/h3-10H,11H2,1-2H3,(H,20,24). The van der Waals surface area contributed by atoms with Gasteiger partial charge in [0.25, 0.3) is 11.5 Å². The minimum atomic E-state index is -0.515. The molecule has 7 heteroatoms. The van der Waals surface area contributed by atoms with Gasteiger partial charge in [-0.15, -0.1) is 0 Å². The second-order valence-electron chi connectivity index (χ2n) is 5.66. The lowest BCUT2D eigenvalue weighted by atomic mass is 10.1. The highest BCUT2D eigenvalue weighted by atomic mass is 16.5. The molecule has 3 rings (SSSR count). The number of fused-ring (bicyclic) bond motifs is 1. The summed E-state index contributed by atoms with van der Waals surface area (Å²) in [5.41, 5.74) is 0.279. The molecular formula is C19H17N3O4. The van der Waals surface area contributed by atoms with Crippen LogP contribution in [-0.2, 0) is 7.05 Å². The number of hydrogen-bond donors (Lipinski definition) is 1. The number of benzene rings is 2. The van der Waals surface area contributed by atoms with Crippen LogP contribution < -0.4 is 15.6 Å². The molecule has 2 aromatic carbocycles. The minimum Gasteiger partial charge on any atom is -0.497 e. The van der Waals surface area contributed by atoms with E-state index in [-0.39, 0.29) is 23.6 Å². The lowest BCUT2D eigenvalue weighted by Gasteiger charge is -2.09. The molecule has 7 nitrogen and oxygen atoms in total. The van der Waals surface area contributed by atoms with E-state index in [1.165, 1.54) is 7.05 Å². The fraction of sp³-hybridized carbons (Fsp3) is 0.158. The van der Waals surface area contributed by atoms with Gasteiger partial charge in [-0.1, -0.05) is 18.2 Å². The maximum atomic E-state index is 12.5. The van der Waals surface area contributed by atoms with Crippen LogP contribution in [0.2, 0.25) is 0 Å². The highest BCUT2D eigenvalue weighted by molar-refractivity contribution is 6.07. The molecule has 3 aromatic rings. The molecule has 26 heavy (non-hydrogen) atoms. The molecule has 1 amide bonds. The number of amides is 1. The Bertz CT molecular complexity index is 1040. The maximum Gasteiger partial charge on any atom is 0.274 e. The predicted octanol–water partition coefficient (Wildman–Crippen LogP) is 1.55. The number of methoxy groups -OCH3 is 1. The molecule has 1 aromatic heterocycles. The van der Waals surface area contributed by atoms with Crippen LogP contribution in [0.15, 0.2) is 53.3 Å². The van der Waals surface area contributed by atoms with Crippen molar-refractivity contribution >= 4 is 22.5 Å². The monoisotopic (exact) mass is 351 g/mol. The average molecular weight is 351 g/mol. The fourth-order valence-electron chi connectivity index (χ4n) is 2.59. The number of aromatic nitrogens is 2. The average Bonchev–Trinajstić information content (AvgIpc) is 2.68. The zero-order valence-electron chi connectivity index (χ0n) is 14.4. The van der Waals surface area contributed by atoms with Gasteiger partial charge in [0.05, 0.1) is 19.0 Å². The van der Waals surface area contributed by atoms with Gasteiger partial charge in [-0.3, -0.25) is 14.4 Å². The largest absolute Gasteiger partial charge is 0.497 e. The third-order valence-electron chi connectivity index (χ3n) is 3.99. The second-order valence-corrected chi connectivity index (χ2v) is 5.66.